The van der Waals surface area contributed by atoms with Gasteiger partial charge in [-0.1, -0.05) is 23.8 Å². The lowest BCUT2D eigenvalue weighted by atomic mass is 10.1. The summed E-state index contributed by atoms with van der Waals surface area (Å²) in [5.41, 5.74) is 7.47. The highest BCUT2D eigenvalue weighted by molar-refractivity contribution is 7.80. The van der Waals surface area contributed by atoms with Gasteiger partial charge in [-0.3, -0.25) is 0 Å². The van der Waals surface area contributed by atoms with Gasteiger partial charge in [-0.2, -0.15) is 0 Å². The predicted molar refractivity (Wildman–Crippen MR) is 86.2 cm³/mol. The predicted octanol–water partition coefficient (Wildman–Crippen LogP) is 2.36. The molecule has 0 radical (unpaired) electrons. The van der Waals surface area contributed by atoms with Gasteiger partial charge in [-0.05, 0) is 44.1 Å². The zero-order valence-electron chi connectivity index (χ0n) is 11.4. The molecular weight excluding hydrogens is 278 g/mol. The average molecular weight is 298 g/mol. The fraction of sp³-hybridized carbons (Fsp3) is 0.500. The molecule has 1 heterocycles. The van der Waals surface area contributed by atoms with Crippen molar-refractivity contribution in [2.45, 2.75) is 6.42 Å². The molecule has 2 N–H and O–H groups in total. The van der Waals surface area contributed by atoms with Crippen LogP contribution in [0.25, 0.3) is 0 Å². The van der Waals surface area contributed by atoms with E-state index in [9.17, 15) is 0 Å². The fourth-order valence-corrected chi connectivity index (χ4v) is 3.08. The van der Waals surface area contributed by atoms with Gasteiger partial charge in [0.05, 0.1) is 10.7 Å². The SMILES string of the molecule is CN1CCC(CN(C)c2ccc(C(N)=S)cc2Cl)C1. The third-order valence-electron chi connectivity index (χ3n) is 3.66. The van der Waals surface area contributed by atoms with Crippen molar-refractivity contribution in [2.24, 2.45) is 11.7 Å². The zero-order valence-corrected chi connectivity index (χ0v) is 13.0. The molecule has 1 atom stereocenters. The molecule has 1 saturated heterocycles. The van der Waals surface area contributed by atoms with Crippen molar-refractivity contribution >= 4 is 34.5 Å². The van der Waals surface area contributed by atoms with Crippen LogP contribution in [0.1, 0.15) is 12.0 Å². The first kappa shape index (κ1) is 14.6. The van der Waals surface area contributed by atoms with E-state index in [1.807, 2.05) is 18.2 Å². The number of hydrogen-bond acceptors (Lipinski definition) is 3. The molecule has 104 valence electrons. The number of benzene rings is 1. The minimum Gasteiger partial charge on any atom is -0.389 e. The van der Waals surface area contributed by atoms with Crippen molar-refractivity contribution in [1.82, 2.24) is 4.90 Å². The standard InChI is InChI=1S/C14H20ClN3S/c1-17-6-5-10(8-17)9-18(2)13-4-3-11(14(16)19)7-12(13)15/h3-4,7,10H,5-6,8-9H2,1-2H3,(H2,16,19). The Hall–Kier alpha value is -0.840. The number of rotatable bonds is 4. The minimum absolute atomic E-state index is 0.383. The third kappa shape index (κ3) is 3.59. The lowest BCUT2D eigenvalue weighted by molar-refractivity contribution is 0.396. The van der Waals surface area contributed by atoms with E-state index in [1.165, 1.54) is 13.0 Å². The van der Waals surface area contributed by atoms with Crippen molar-refractivity contribution in [3.8, 4) is 0 Å². The summed E-state index contributed by atoms with van der Waals surface area (Å²) in [5.74, 6) is 0.710. The summed E-state index contributed by atoms with van der Waals surface area (Å²) in [6, 6.07) is 5.77. The van der Waals surface area contributed by atoms with Crippen LogP contribution in [0, 0.1) is 5.92 Å². The zero-order chi connectivity index (χ0) is 14.0. The Morgan fingerprint density at radius 2 is 2.32 bits per heavy atom. The highest BCUT2D eigenvalue weighted by Crippen LogP contribution is 2.28. The van der Waals surface area contributed by atoms with E-state index in [0.29, 0.717) is 15.9 Å². The Bertz CT molecular complexity index is 478. The molecule has 0 spiro atoms. The summed E-state index contributed by atoms with van der Waals surface area (Å²) < 4.78 is 0. The molecule has 0 aliphatic carbocycles. The van der Waals surface area contributed by atoms with E-state index in [-0.39, 0.29) is 0 Å². The number of hydrogen-bond donors (Lipinski definition) is 1. The lowest BCUT2D eigenvalue weighted by Gasteiger charge is -2.24. The second-order valence-electron chi connectivity index (χ2n) is 5.33. The molecule has 1 unspecified atom stereocenters. The van der Waals surface area contributed by atoms with Gasteiger partial charge in [0, 0.05) is 25.7 Å². The topological polar surface area (TPSA) is 32.5 Å². The molecule has 0 saturated carbocycles. The number of thiocarbonyl (C=S) groups is 1. The summed E-state index contributed by atoms with van der Waals surface area (Å²) in [5, 5.41) is 0.708. The Morgan fingerprint density at radius 3 is 2.84 bits per heavy atom. The van der Waals surface area contributed by atoms with Gasteiger partial charge < -0.3 is 15.5 Å². The molecule has 0 bridgehead atoms. The monoisotopic (exact) mass is 297 g/mol. The minimum atomic E-state index is 0.383. The Labute approximate surface area is 125 Å². The number of nitrogens with two attached hydrogens (primary N) is 1. The van der Waals surface area contributed by atoms with Crippen LogP contribution in [-0.4, -0.2) is 43.6 Å². The number of likely N-dealkylation sites (tertiary alicyclic amines) is 1. The van der Waals surface area contributed by atoms with Gasteiger partial charge in [-0.15, -0.1) is 0 Å². The first-order valence-corrected chi connectivity index (χ1v) is 7.25. The molecule has 1 aliphatic rings. The van der Waals surface area contributed by atoms with Crippen molar-refractivity contribution in [2.75, 3.05) is 38.6 Å². The van der Waals surface area contributed by atoms with Gasteiger partial charge in [0.15, 0.2) is 0 Å². The highest BCUT2D eigenvalue weighted by atomic mass is 35.5. The smallest absolute Gasteiger partial charge is 0.104 e. The highest BCUT2D eigenvalue weighted by Gasteiger charge is 2.21. The maximum absolute atomic E-state index is 6.32. The Balaban J connectivity index is 2.06. The summed E-state index contributed by atoms with van der Waals surface area (Å²) in [7, 11) is 4.25. The summed E-state index contributed by atoms with van der Waals surface area (Å²) >= 11 is 11.3. The summed E-state index contributed by atoms with van der Waals surface area (Å²) in [6.45, 7) is 3.37. The molecule has 19 heavy (non-hydrogen) atoms. The van der Waals surface area contributed by atoms with Crippen molar-refractivity contribution in [3.63, 3.8) is 0 Å². The van der Waals surface area contributed by atoms with Crippen LogP contribution >= 0.6 is 23.8 Å². The molecular formula is C14H20ClN3S. The van der Waals surface area contributed by atoms with E-state index in [2.05, 4.69) is 23.9 Å². The first-order valence-electron chi connectivity index (χ1n) is 6.46. The molecule has 2 rings (SSSR count). The van der Waals surface area contributed by atoms with Crippen LogP contribution in [0.4, 0.5) is 5.69 Å². The Morgan fingerprint density at radius 1 is 1.58 bits per heavy atom. The van der Waals surface area contributed by atoms with Crippen molar-refractivity contribution in [1.29, 1.82) is 0 Å². The van der Waals surface area contributed by atoms with E-state index >= 15 is 0 Å². The van der Waals surface area contributed by atoms with Gasteiger partial charge in [0.1, 0.15) is 4.99 Å². The average Bonchev–Trinajstić information content (AvgIpc) is 2.74. The second-order valence-corrected chi connectivity index (χ2v) is 6.17. The summed E-state index contributed by atoms with van der Waals surface area (Å²) in [6.07, 6.45) is 1.25. The van der Waals surface area contributed by atoms with Gasteiger partial charge >= 0.3 is 0 Å². The maximum Gasteiger partial charge on any atom is 0.104 e. The molecule has 1 aliphatic heterocycles. The van der Waals surface area contributed by atoms with Gasteiger partial charge in [0.2, 0.25) is 0 Å². The van der Waals surface area contributed by atoms with Crippen LogP contribution in [-0.2, 0) is 0 Å². The molecule has 0 amide bonds. The molecule has 3 nitrogen and oxygen atoms in total. The molecule has 0 aromatic heterocycles. The second kappa shape index (κ2) is 6.07. The van der Waals surface area contributed by atoms with E-state index in [0.717, 1.165) is 24.3 Å². The number of halogens is 1. The quantitative estimate of drug-likeness (QED) is 0.865. The van der Waals surface area contributed by atoms with E-state index in [4.69, 9.17) is 29.6 Å². The van der Waals surface area contributed by atoms with E-state index in [1.54, 1.807) is 0 Å². The van der Waals surface area contributed by atoms with Gasteiger partial charge in [-0.25, -0.2) is 0 Å². The van der Waals surface area contributed by atoms with Crippen LogP contribution in [0.3, 0.4) is 0 Å². The largest absolute Gasteiger partial charge is 0.389 e. The van der Waals surface area contributed by atoms with Crippen LogP contribution in [0.5, 0.6) is 0 Å². The fourth-order valence-electron chi connectivity index (χ4n) is 2.63. The van der Waals surface area contributed by atoms with Gasteiger partial charge in [0.25, 0.3) is 0 Å². The third-order valence-corrected chi connectivity index (χ3v) is 4.20. The molecule has 5 heteroatoms. The molecule has 1 fully saturated rings. The van der Waals surface area contributed by atoms with E-state index < -0.39 is 0 Å². The van der Waals surface area contributed by atoms with Crippen molar-refractivity contribution < 1.29 is 0 Å². The number of anilines is 1. The normalized spacial score (nSPS) is 19.6. The maximum atomic E-state index is 6.32. The van der Waals surface area contributed by atoms with Crippen LogP contribution in [0.2, 0.25) is 5.02 Å². The van der Waals surface area contributed by atoms with Crippen LogP contribution < -0.4 is 10.6 Å². The molecule has 1 aromatic carbocycles. The van der Waals surface area contributed by atoms with Crippen molar-refractivity contribution in [3.05, 3.63) is 28.8 Å². The number of nitrogens with zero attached hydrogens (tertiary/aromatic N) is 2. The summed E-state index contributed by atoms with van der Waals surface area (Å²) in [4.78, 5) is 4.97. The Kier molecular flexibility index (Phi) is 4.66. The molecule has 1 aromatic rings. The first-order chi connectivity index (χ1) is 8.97. The van der Waals surface area contributed by atoms with Crippen LogP contribution in [0.15, 0.2) is 18.2 Å². The lowest BCUT2D eigenvalue weighted by Crippen LogP contribution is -2.27.